The van der Waals surface area contributed by atoms with Crippen LogP contribution in [0.3, 0.4) is 0 Å². The molecule has 2 atom stereocenters. The molecule has 114 valence electrons. The molecule has 2 aliphatic heterocycles. The SMILES string of the molecule is Cc1cccc(N2C[C@H]3CN(c4cnn(C)c4)C(=O)[C@@H]3C2)n1. The second kappa shape index (κ2) is 4.83. The predicted octanol–water partition coefficient (Wildman–Crippen LogP) is 1.22. The first-order valence-corrected chi connectivity index (χ1v) is 7.60. The zero-order valence-electron chi connectivity index (χ0n) is 12.8. The first-order chi connectivity index (χ1) is 10.6. The molecule has 2 aromatic heterocycles. The number of fused-ring (bicyclic) bond motifs is 1. The molecule has 2 aliphatic rings. The van der Waals surface area contributed by atoms with Crippen molar-refractivity contribution in [3.63, 3.8) is 0 Å². The highest BCUT2D eigenvalue weighted by molar-refractivity contribution is 5.98. The van der Waals surface area contributed by atoms with Gasteiger partial charge in [0.1, 0.15) is 5.82 Å². The smallest absolute Gasteiger partial charge is 0.232 e. The summed E-state index contributed by atoms with van der Waals surface area (Å²) in [5.41, 5.74) is 1.92. The van der Waals surface area contributed by atoms with Gasteiger partial charge in [-0.05, 0) is 19.1 Å². The standard InChI is InChI=1S/C16H19N5O/c1-11-4-3-5-15(18-11)20-7-12-8-21(16(22)14(12)10-20)13-6-17-19(2)9-13/h3-6,9,12,14H,7-8,10H2,1-2H3/t12-,14+/m0/s1. The molecule has 1 amide bonds. The van der Waals surface area contributed by atoms with Crippen molar-refractivity contribution >= 4 is 17.4 Å². The van der Waals surface area contributed by atoms with E-state index in [1.165, 1.54) is 0 Å². The van der Waals surface area contributed by atoms with Crippen molar-refractivity contribution in [2.75, 3.05) is 29.4 Å². The van der Waals surface area contributed by atoms with E-state index in [4.69, 9.17) is 0 Å². The van der Waals surface area contributed by atoms with E-state index < -0.39 is 0 Å². The van der Waals surface area contributed by atoms with Gasteiger partial charge in [-0.3, -0.25) is 9.48 Å². The number of hydrogen-bond donors (Lipinski definition) is 0. The fraction of sp³-hybridized carbons (Fsp3) is 0.438. The monoisotopic (exact) mass is 297 g/mol. The Morgan fingerprint density at radius 1 is 1.23 bits per heavy atom. The number of nitrogens with zero attached hydrogens (tertiary/aromatic N) is 5. The molecule has 0 aliphatic carbocycles. The van der Waals surface area contributed by atoms with Gasteiger partial charge in [0, 0.05) is 44.5 Å². The first-order valence-electron chi connectivity index (χ1n) is 7.60. The lowest BCUT2D eigenvalue weighted by molar-refractivity contribution is -0.120. The normalized spacial score (nSPS) is 24.2. The van der Waals surface area contributed by atoms with Gasteiger partial charge in [-0.15, -0.1) is 0 Å². The number of pyridine rings is 1. The van der Waals surface area contributed by atoms with E-state index in [0.29, 0.717) is 5.92 Å². The number of anilines is 2. The summed E-state index contributed by atoms with van der Waals surface area (Å²) in [6.45, 7) is 4.42. The second-order valence-electron chi connectivity index (χ2n) is 6.23. The molecule has 0 bridgehead atoms. The number of aromatic nitrogens is 3. The van der Waals surface area contributed by atoms with Gasteiger partial charge in [-0.2, -0.15) is 5.10 Å². The highest BCUT2D eigenvalue weighted by Gasteiger charge is 2.47. The van der Waals surface area contributed by atoms with Crippen molar-refractivity contribution in [3.8, 4) is 0 Å². The Kier molecular flexibility index (Phi) is 2.92. The molecule has 6 heteroatoms. The third-order valence-electron chi connectivity index (χ3n) is 4.64. The third-order valence-corrected chi connectivity index (χ3v) is 4.64. The van der Waals surface area contributed by atoms with Gasteiger partial charge in [-0.25, -0.2) is 4.98 Å². The van der Waals surface area contributed by atoms with Gasteiger partial charge in [0.25, 0.3) is 0 Å². The van der Waals surface area contributed by atoms with Gasteiger partial charge >= 0.3 is 0 Å². The van der Waals surface area contributed by atoms with E-state index in [-0.39, 0.29) is 11.8 Å². The summed E-state index contributed by atoms with van der Waals surface area (Å²) in [6.07, 6.45) is 3.66. The minimum atomic E-state index is 0.0718. The predicted molar refractivity (Wildman–Crippen MR) is 83.7 cm³/mol. The Labute approximate surface area is 129 Å². The molecule has 2 fully saturated rings. The molecule has 0 radical (unpaired) electrons. The Balaban J connectivity index is 1.52. The maximum Gasteiger partial charge on any atom is 0.232 e. The van der Waals surface area contributed by atoms with Gasteiger partial charge < -0.3 is 9.80 Å². The number of carbonyl (C=O) groups is 1. The van der Waals surface area contributed by atoms with Gasteiger partial charge in [0.05, 0.1) is 17.8 Å². The molecule has 4 heterocycles. The van der Waals surface area contributed by atoms with E-state index in [2.05, 4.69) is 15.0 Å². The van der Waals surface area contributed by atoms with E-state index in [1.54, 1.807) is 10.9 Å². The van der Waals surface area contributed by atoms with Crippen LogP contribution in [0.1, 0.15) is 5.69 Å². The van der Waals surface area contributed by atoms with Crippen LogP contribution in [0.4, 0.5) is 11.5 Å². The minimum absolute atomic E-state index is 0.0718. The van der Waals surface area contributed by atoms with Crippen molar-refractivity contribution in [2.45, 2.75) is 6.92 Å². The van der Waals surface area contributed by atoms with Crippen LogP contribution in [0, 0.1) is 18.8 Å². The lowest BCUT2D eigenvalue weighted by Gasteiger charge is -2.21. The van der Waals surface area contributed by atoms with E-state index in [1.807, 2.05) is 43.3 Å². The highest BCUT2D eigenvalue weighted by Crippen LogP contribution is 2.36. The maximum absolute atomic E-state index is 12.7. The number of amides is 1. The third kappa shape index (κ3) is 2.06. The molecule has 22 heavy (non-hydrogen) atoms. The lowest BCUT2D eigenvalue weighted by Crippen LogP contribution is -2.32. The van der Waals surface area contributed by atoms with Crippen LogP contribution < -0.4 is 9.80 Å². The Morgan fingerprint density at radius 2 is 2.09 bits per heavy atom. The molecule has 0 N–H and O–H groups in total. The maximum atomic E-state index is 12.7. The van der Waals surface area contributed by atoms with Crippen LogP contribution in [-0.2, 0) is 11.8 Å². The first kappa shape index (κ1) is 13.3. The van der Waals surface area contributed by atoms with Crippen LogP contribution in [0.25, 0.3) is 0 Å². The average Bonchev–Trinajstić information content (AvgIpc) is 3.16. The van der Waals surface area contributed by atoms with Crippen LogP contribution in [0.2, 0.25) is 0 Å². The van der Waals surface area contributed by atoms with Crippen LogP contribution in [-0.4, -0.2) is 40.3 Å². The second-order valence-corrected chi connectivity index (χ2v) is 6.23. The van der Waals surface area contributed by atoms with Gasteiger partial charge in [0.2, 0.25) is 5.91 Å². The topological polar surface area (TPSA) is 54.3 Å². The minimum Gasteiger partial charge on any atom is -0.355 e. The average molecular weight is 297 g/mol. The molecule has 4 rings (SSSR count). The van der Waals surface area contributed by atoms with E-state index >= 15 is 0 Å². The molecule has 6 nitrogen and oxygen atoms in total. The Morgan fingerprint density at radius 3 is 2.77 bits per heavy atom. The lowest BCUT2D eigenvalue weighted by atomic mass is 10.0. The van der Waals surface area contributed by atoms with Crippen molar-refractivity contribution in [3.05, 3.63) is 36.3 Å². The van der Waals surface area contributed by atoms with Gasteiger partial charge in [0.15, 0.2) is 0 Å². The van der Waals surface area contributed by atoms with Crippen LogP contribution in [0.5, 0.6) is 0 Å². The van der Waals surface area contributed by atoms with E-state index in [0.717, 1.165) is 36.8 Å². The quantitative estimate of drug-likeness (QED) is 0.836. The molecule has 0 saturated carbocycles. The molecular weight excluding hydrogens is 278 g/mol. The number of aryl methyl sites for hydroxylation is 2. The molecule has 0 spiro atoms. The Bertz CT molecular complexity index is 725. The molecule has 2 aromatic rings. The summed E-state index contributed by atoms with van der Waals surface area (Å²) in [4.78, 5) is 21.4. The Hall–Kier alpha value is -2.37. The van der Waals surface area contributed by atoms with Crippen molar-refractivity contribution in [2.24, 2.45) is 18.9 Å². The van der Waals surface area contributed by atoms with Crippen molar-refractivity contribution < 1.29 is 4.79 Å². The van der Waals surface area contributed by atoms with Crippen LogP contribution >= 0.6 is 0 Å². The molecule has 2 saturated heterocycles. The summed E-state index contributed by atoms with van der Waals surface area (Å²) in [7, 11) is 1.87. The fourth-order valence-electron chi connectivity index (χ4n) is 3.53. The van der Waals surface area contributed by atoms with Gasteiger partial charge in [-0.1, -0.05) is 6.07 Å². The summed E-state index contributed by atoms with van der Waals surface area (Å²) < 4.78 is 1.74. The highest BCUT2D eigenvalue weighted by atomic mass is 16.2. The van der Waals surface area contributed by atoms with Crippen molar-refractivity contribution in [1.82, 2.24) is 14.8 Å². The zero-order chi connectivity index (χ0) is 15.3. The molecule has 0 unspecified atom stereocenters. The number of carbonyl (C=O) groups excluding carboxylic acids is 1. The molecule has 0 aromatic carbocycles. The number of hydrogen-bond acceptors (Lipinski definition) is 4. The van der Waals surface area contributed by atoms with Crippen molar-refractivity contribution in [1.29, 1.82) is 0 Å². The van der Waals surface area contributed by atoms with Crippen LogP contribution in [0.15, 0.2) is 30.6 Å². The summed E-state index contributed by atoms with van der Waals surface area (Å²) in [6, 6.07) is 6.04. The van der Waals surface area contributed by atoms with E-state index in [9.17, 15) is 4.79 Å². The summed E-state index contributed by atoms with van der Waals surface area (Å²) in [5.74, 6) is 1.64. The number of rotatable bonds is 2. The molecular formula is C16H19N5O. The summed E-state index contributed by atoms with van der Waals surface area (Å²) >= 11 is 0. The summed E-state index contributed by atoms with van der Waals surface area (Å²) in [5, 5.41) is 4.16. The largest absolute Gasteiger partial charge is 0.355 e. The fourth-order valence-corrected chi connectivity index (χ4v) is 3.53. The zero-order valence-corrected chi connectivity index (χ0v) is 12.8.